The summed E-state index contributed by atoms with van der Waals surface area (Å²) in [5, 5.41) is 36.3. The number of hydrogen-bond acceptors (Lipinski definition) is 9. The number of benzene rings is 1. The molecule has 2 aliphatic heterocycles. The van der Waals surface area contributed by atoms with Crippen LogP contribution in [0.5, 0.6) is 11.5 Å². The van der Waals surface area contributed by atoms with Crippen molar-refractivity contribution >= 4 is 11.2 Å². The number of fused-ring (bicyclic) bond motifs is 1. The highest BCUT2D eigenvalue weighted by molar-refractivity contribution is 7.91. The van der Waals surface area contributed by atoms with Crippen molar-refractivity contribution < 1.29 is 39.2 Å². The zero-order valence-corrected chi connectivity index (χ0v) is 21.0. The minimum Gasteiger partial charge on any atom is -0.616 e. The van der Waals surface area contributed by atoms with Crippen molar-refractivity contribution in [2.45, 2.75) is 94.7 Å². The number of hydrogen-bond donors (Lipinski definition) is 5. The van der Waals surface area contributed by atoms with E-state index in [0.717, 1.165) is 30.1 Å². The number of unbranched alkanes of at least 4 members (excludes halogenated alkanes) is 5. The van der Waals surface area contributed by atoms with Gasteiger partial charge in [0.25, 0.3) is 0 Å². The molecular formula is C24H41NO8S. The molecule has 3 rings (SSSR count). The zero-order chi connectivity index (χ0) is 25.1. The lowest BCUT2D eigenvalue weighted by Gasteiger charge is -2.38. The van der Waals surface area contributed by atoms with Crippen molar-refractivity contribution in [2.75, 3.05) is 19.2 Å². The predicted octanol–water partition coefficient (Wildman–Crippen LogP) is 1.20. The zero-order valence-electron chi connectivity index (χ0n) is 20.2. The molecule has 0 radical (unpaired) electrons. The maximum absolute atomic E-state index is 12.3. The summed E-state index contributed by atoms with van der Waals surface area (Å²) in [5.41, 5.74) is 6.44. The van der Waals surface area contributed by atoms with Crippen LogP contribution in [0, 0.1) is 0 Å². The van der Waals surface area contributed by atoms with Crippen LogP contribution in [0.1, 0.15) is 57.9 Å². The fourth-order valence-electron chi connectivity index (χ4n) is 3.84. The molecule has 7 atom stereocenters. The summed E-state index contributed by atoms with van der Waals surface area (Å²) in [6, 6.07) is 4.97. The summed E-state index contributed by atoms with van der Waals surface area (Å²) < 4.78 is 27.7. The van der Waals surface area contributed by atoms with Crippen LogP contribution in [0.2, 0.25) is 0 Å². The van der Waals surface area contributed by atoms with E-state index in [-0.39, 0.29) is 5.25 Å². The Morgan fingerprint density at radius 3 is 2.44 bits per heavy atom. The van der Waals surface area contributed by atoms with E-state index in [1.807, 2.05) is 18.2 Å². The number of ether oxygens (including phenoxy) is 3. The first-order valence-corrected chi connectivity index (χ1v) is 13.5. The fourth-order valence-corrected chi connectivity index (χ4v) is 5.11. The van der Waals surface area contributed by atoms with E-state index in [1.165, 1.54) is 37.7 Å². The molecule has 0 aromatic heterocycles. The standard InChI is InChI=1S/C18H28O3S.C6H13NO5/c1-3-4-5-6-7-8-11-22(19)15(2)12-16-9-10-17-18(13-16)21-14-20-17;7-3-5(10)4(9)2(1-8)12-6(3)11/h9-10,13,15H,3-8,11-12,14H2,1-2H3;2-6,8-11H,1,7H2/t;2-,3-,4-,5-,6-/m.1/s1. The van der Waals surface area contributed by atoms with Crippen molar-refractivity contribution in [1.29, 1.82) is 0 Å². The summed E-state index contributed by atoms with van der Waals surface area (Å²) >= 11 is -0.743. The topological polar surface area (TPSA) is 158 Å². The van der Waals surface area contributed by atoms with Crippen molar-refractivity contribution in [3.63, 3.8) is 0 Å². The highest BCUT2D eigenvalue weighted by Crippen LogP contribution is 2.33. The molecule has 2 heterocycles. The van der Waals surface area contributed by atoms with Crippen molar-refractivity contribution in [2.24, 2.45) is 5.73 Å². The molecule has 0 aliphatic carbocycles. The maximum atomic E-state index is 12.3. The van der Waals surface area contributed by atoms with E-state index < -0.39 is 48.4 Å². The molecule has 0 spiro atoms. The normalized spacial score (nSPS) is 27.6. The highest BCUT2D eigenvalue weighted by atomic mass is 32.2. The summed E-state index contributed by atoms with van der Waals surface area (Å²) in [7, 11) is 0. The molecule has 6 N–H and O–H groups in total. The molecule has 2 unspecified atom stereocenters. The lowest BCUT2D eigenvalue weighted by Crippen LogP contribution is -2.61. The van der Waals surface area contributed by atoms with E-state index in [2.05, 4.69) is 13.8 Å². The minimum atomic E-state index is -1.35. The van der Waals surface area contributed by atoms with Crippen LogP contribution in [0.25, 0.3) is 0 Å². The second-order valence-electron chi connectivity index (χ2n) is 8.86. The van der Waals surface area contributed by atoms with Crippen LogP contribution in [-0.2, 0) is 22.3 Å². The first kappa shape index (κ1) is 29.1. The Hall–Kier alpha value is -1.11. The number of rotatable bonds is 11. The minimum absolute atomic E-state index is 0.191. The predicted molar refractivity (Wildman–Crippen MR) is 130 cm³/mol. The molecular weight excluding hydrogens is 462 g/mol. The molecule has 1 aromatic rings. The quantitative estimate of drug-likeness (QED) is 0.221. The van der Waals surface area contributed by atoms with Gasteiger partial charge >= 0.3 is 0 Å². The van der Waals surface area contributed by atoms with Gasteiger partial charge in [0.2, 0.25) is 6.79 Å². The van der Waals surface area contributed by atoms with Crippen LogP contribution in [0.15, 0.2) is 18.2 Å². The lowest BCUT2D eigenvalue weighted by atomic mass is 9.98. The van der Waals surface area contributed by atoms with Gasteiger partial charge < -0.3 is 44.9 Å². The van der Waals surface area contributed by atoms with Gasteiger partial charge in [0, 0.05) is 6.42 Å². The van der Waals surface area contributed by atoms with Crippen molar-refractivity contribution in [3.8, 4) is 11.5 Å². The highest BCUT2D eigenvalue weighted by Gasteiger charge is 2.41. The molecule has 9 nitrogen and oxygen atoms in total. The van der Waals surface area contributed by atoms with Gasteiger partial charge in [-0.25, -0.2) is 0 Å². The Labute approximate surface area is 205 Å². The Morgan fingerprint density at radius 1 is 1.06 bits per heavy atom. The third-order valence-electron chi connectivity index (χ3n) is 6.06. The van der Waals surface area contributed by atoms with Gasteiger partial charge in [-0.1, -0.05) is 49.8 Å². The fraction of sp³-hybridized carbons (Fsp3) is 0.750. The van der Waals surface area contributed by atoms with Gasteiger partial charge in [-0.15, -0.1) is 0 Å². The summed E-state index contributed by atoms with van der Waals surface area (Å²) in [4.78, 5) is 0. The van der Waals surface area contributed by atoms with Crippen LogP contribution in [0.3, 0.4) is 0 Å². The SMILES string of the molecule is CCCCCCCC[S+]([O-])C(C)Cc1ccc2c(c1)OCO2.N[C@@H]1[C@@H](O)[C@H](O)[C@@H](CO)O[C@H]1O. The molecule has 1 saturated heterocycles. The third kappa shape index (κ3) is 8.83. The van der Waals surface area contributed by atoms with Crippen molar-refractivity contribution in [1.82, 2.24) is 0 Å². The monoisotopic (exact) mass is 503 g/mol. The number of aliphatic hydroxyl groups excluding tert-OH is 4. The first-order chi connectivity index (χ1) is 16.3. The molecule has 1 fully saturated rings. The van der Waals surface area contributed by atoms with Gasteiger partial charge in [-0.2, -0.15) is 0 Å². The average molecular weight is 504 g/mol. The van der Waals surface area contributed by atoms with Gasteiger partial charge in [-0.05, 0) is 37.5 Å². The Morgan fingerprint density at radius 2 is 1.74 bits per heavy atom. The summed E-state index contributed by atoms with van der Waals surface area (Å²) in [6.45, 7) is 4.14. The van der Waals surface area contributed by atoms with E-state index in [4.69, 9.17) is 30.2 Å². The van der Waals surface area contributed by atoms with E-state index in [0.29, 0.717) is 6.79 Å². The molecule has 0 saturated carbocycles. The van der Waals surface area contributed by atoms with E-state index in [1.54, 1.807) is 0 Å². The molecule has 196 valence electrons. The number of aliphatic hydroxyl groups is 4. The van der Waals surface area contributed by atoms with Gasteiger partial charge in [0.05, 0.1) is 12.6 Å². The summed E-state index contributed by atoms with van der Waals surface area (Å²) in [6.07, 6.45) is 3.47. The Bertz CT molecular complexity index is 707. The van der Waals surface area contributed by atoms with Crippen LogP contribution >= 0.6 is 0 Å². The Balaban J connectivity index is 0.000000287. The smallest absolute Gasteiger partial charge is 0.231 e. The molecule has 0 amide bonds. The largest absolute Gasteiger partial charge is 0.616 e. The van der Waals surface area contributed by atoms with Gasteiger partial charge in [0.1, 0.15) is 29.3 Å². The average Bonchev–Trinajstić information content (AvgIpc) is 3.30. The summed E-state index contributed by atoms with van der Waals surface area (Å²) in [5.74, 6) is 2.45. The first-order valence-electron chi connectivity index (χ1n) is 12.1. The van der Waals surface area contributed by atoms with Crippen molar-refractivity contribution in [3.05, 3.63) is 23.8 Å². The van der Waals surface area contributed by atoms with Crippen LogP contribution in [0.4, 0.5) is 0 Å². The maximum Gasteiger partial charge on any atom is 0.231 e. The van der Waals surface area contributed by atoms with Gasteiger partial charge in [-0.3, -0.25) is 0 Å². The number of nitrogens with two attached hydrogens (primary N) is 1. The molecule has 2 aliphatic rings. The molecule has 34 heavy (non-hydrogen) atoms. The lowest BCUT2D eigenvalue weighted by molar-refractivity contribution is -0.248. The Kier molecular flexibility index (Phi) is 12.9. The van der Waals surface area contributed by atoms with Crippen LogP contribution in [-0.4, -0.2) is 80.0 Å². The van der Waals surface area contributed by atoms with Gasteiger partial charge in [0.15, 0.2) is 17.8 Å². The molecule has 0 bridgehead atoms. The molecule has 10 heteroatoms. The van der Waals surface area contributed by atoms with E-state index in [9.17, 15) is 14.8 Å². The van der Waals surface area contributed by atoms with Crippen LogP contribution < -0.4 is 15.2 Å². The second kappa shape index (κ2) is 15.1. The molecule has 1 aromatic carbocycles. The third-order valence-corrected chi connectivity index (χ3v) is 7.81. The van der Waals surface area contributed by atoms with E-state index >= 15 is 0 Å². The second-order valence-corrected chi connectivity index (χ2v) is 10.8.